The number of rotatable bonds is 12. The van der Waals surface area contributed by atoms with Crippen LogP contribution in [0.4, 0.5) is 5.69 Å². The van der Waals surface area contributed by atoms with Gasteiger partial charge in [0.2, 0.25) is 21.8 Å². The van der Waals surface area contributed by atoms with Crippen molar-refractivity contribution in [2.24, 2.45) is 0 Å². The number of hydrogen-bond acceptors (Lipinski definition) is 4. The average molecular weight is 591 g/mol. The summed E-state index contributed by atoms with van der Waals surface area (Å²) in [7, 11) is -3.84. The number of halogens is 2. The van der Waals surface area contributed by atoms with E-state index in [1.807, 2.05) is 44.2 Å². The van der Waals surface area contributed by atoms with Crippen molar-refractivity contribution in [3.8, 4) is 0 Å². The average Bonchev–Trinajstić information content (AvgIpc) is 2.90. The maximum Gasteiger partial charge on any atom is 0.244 e. The van der Waals surface area contributed by atoms with E-state index in [2.05, 4.69) is 5.32 Å². The highest BCUT2D eigenvalue weighted by atomic mass is 35.5. The lowest BCUT2D eigenvalue weighted by atomic mass is 10.0. The lowest BCUT2D eigenvalue weighted by molar-refractivity contribution is -0.140. The fraction of sp³-hybridized carbons (Fsp3) is 0.310. The van der Waals surface area contributed by atoms with Crippen molar-refractivity contribution in [2.45, 2.75) is 45.3 Å². The summed E-state index contributed by atoms with van der Waals surface area (Å²) in [6.07, 6.45) is 2.01. The Morgan fingerprint density at radius 3 is 1.97 bits per heavy atom. The molecule has 10 heteroatoms. The Labute approximate surface area is 240 Å². The molecule has 7 nitrogen and oxygen atoms in total. The molecule has 3 aromatic carbocycles. The standard InChI is InChI=1S/C29H33Cl2N3O4S/c1-4-21(2)32-29(36)27(18-22-8-6-5-7-9-22)33(19-23-10-12-24(30)13-11-23)28(35)20-34(39(3,37)38)26-16-14-25(31)15-17-26/h5-17,21,27H,4,18-20H2,1-3H3,(H,32,36)/t21-,27-/m0/s1. The third-order valence-corrected chi connectivity index (χ3v) is 7.98. The van der Waals surface area contributed by atoms with Gasteiger partial charge < -0.3 is 10.2 Å². The smallest absolute Gasteiger partial charge is 0.244 e. The maximum atomic E-state index is 14.0. The second kappa shape index (κ2) is 13.8. The fourth-order valence-corrected chi connectivity index (χ4v) is 5.10. The zero-order valence-corrected chi connectivity index (χ0v) is 24.5. The molecule has 2 atom stereocenters. The first-order valence-corrected chi connectivity index (χ1v) is 15.2. The van der Waals surface area contributed by atoms with Crippen LogP contribution in [-0.2, 0) is 32.6 Å². The third kappa shape index (κ3) is 8.98. The number of carbonyl (C=O) groups is 2. The Morgan fingerprint density at radius 1 is 0.872 bits per heavy atom. The van der Waals surface area contributed by atoms with Crippen LogP contribution in [0.25, 0.3) is 0 Å². The van der Waals surface area contributed by atoms with Crippen molar-refractivity contribution < 1.29 is 18.0 Å². The van der Waals surface area contributed by atoms with Crippen molar-refractivity contribution >= 4 is 50.7 Å². The molecule has 39 heavy (non-hydrogen) atoms. The Bertz CT molecular complexity index is 1350. The van der Waals surface area contributed by atoms with E-state index in [4.69, 9.17) is 23.2 Å². The van der Waals surface area contributed by atoms with Gasteiger partial charge in [-0.25, -0.2) is 8.42 Å². The molecular weight excluding hydrogens is 557 g/mol. The topological polar surface area (TPSA) is 86.8 Å². The molecule has 0 spiro atoms. The molecule has 0 aliphatic carbocycles. The van der Waals surface area contributed by atoms with E-state index in [-0.39, 0.29) is 24.9 Å². The minimum atomic E-state index is -3.84. The van der Waals surface area contributed by atoms with Crippen LogP contribution < -0.4 is 9.62 Å². The summed E-state index contributed by atoms with van der Waals surface area (Å²) in [4.78, 5) is 29.1. The Hall–Kier alpha value is -3.07. The summed E-state index contributed by atoms with van der Waals surface area (Å²) in [5.41, 5.74) is 1.92. The van der Waals surface area contributed by atoms with Gasteiger partial charge in [0.05, 0.1) is 11.9 Å². The molecule has 0 aromatic heterocycles. The number of benzene rings is 3. The van der Waals surface area contributed by atoms with E-state index in [1.165, 1.54) is 17.0 Å². The van der Waals surface area contributed by atoms with Crippen LogP contribution in [-0.4, -0.2) is 50.0 Å². The Kier molecular flexibility index (Phi) is 10.8. The number of hydrogen-bond donors (Lipinski definition) is 1. The lowest BCUT2D eigenvalue weighted by Crippen LogP contribution is -2.54. The third-order valence-electron chi connectivity index (χ3n) is 6.33. The summed E-state index contributed by atoms with van der Waals surface area (Å²) in [6, 6.07) is 21.6. The number of amides is 2. The monoisotopic (exact) mass is 589 g/mol. The molecule has 0 aliphatic heterocycles. The SMILES string of the molecule is CC[C@H](C)NC(=O)[C@H](Cc1ccccc1)N(Cc1ccc(Cl)cc1)C(=O)CN(c1ccc(Cl)cc1)S(C)(=O)=O. The van der Waals surface area contributed by atoms with Crippen molar-refractivity contribution in [2.75, 3.05) is 17.1 Å². The van der Waals surface area contributed by atoms with Gasteiger partial charge in [0, 0.05) is 29.1 Å². The predicted molar refractivity (Wildman–Crippen MR) is 157 cm³/mol. The largest absolute Gasteiger partial charge is 0.352 e. The fourth-order valence-electron chi connectivity index (χ4n) is 4.00. The summed E-state index contributed by atoms with van der Waals surface area (Å²) in [5.74, 6) is -0.835. The molecule has 3 aromatic rings. The molecule has 0 saturated heterocycles. The van der Waals surface area contributed by atoms with Gasteiger partial charge >= 0.3 is 0 Å². The maximum absolute atomic E-state index is 14.0. The predicted octanol–water partition coefficient (Wildman–Crippen LogP) is 5.31. The van der Waals surface area contributed by atoms with Crippen LogP contribution in [0.5, 0.6) is 0 Å². The van der Waals surface area contributed by atoms with Crippen molar-refractivity contribution in [3.63, 3.8) is 0 Å². The van der Waals surface area contributed by atoms with E-state index in [9.17, 15) is 18.0 Å². The van der Waals surface area contributed by atoms with Gasteiger partial charge in [-0.05, 0) is 60.9 Å². The van der Waals surface area contributed by atoms with Gasteiger partial charge in [-0.3, -0.25) is 13.9 Å². The van der Waals surface area contributed by atoms with E-state index in [1.54, 1.807) is 36.4 Å². The molecule has 0 unspecified atom stereocenters. The van der Waals surface area contributed by atoms with Gasteiger partial charge in [0.25, 0.3) is 0 Å². The van der Waals surface area contributed by atoms with Crippen LogP contribution in [0, 0.1) is 0 Å². The zero-order valence-electron chi connectivity index (χ0n) is 22.2. The van der Waals surface area contributed by atoms with Crippen molar-refractivity contribution in [3.05, 3.63) is 100 Å². The zero-order chi connectivity index (χ0) is 28.6. The quantitative estimate of drug-likeness (QED) is 0.310. The molecule has 0 heterocycles. The van der Waals surface area contributed by atoms with Crippen molar-refractivity contribution in [1.29, 1.82) is 0 Å². The van der Waals surface area contributed by atoms with Crippen LogP contribution in [0.2, 0.25) is 10.0 Å². The molecule has 0 bridgehead atoms. The number of nitrogens with zero attached hydrogens (tertiary/aromatic N) is 2. The van der Waals surface area contributed by atoms with Gasteiger partial charge in [-0.1, -0.05) is 72.6 Å². The van der Waals surface area contributed by atoms with E-state index >= 15 is 0 Å². The molecule has 0 aliphatic rings. The Balaban J connectivity index is 2.04. The highest BCUT2D eigenvalue weighted by Gasteiger charge is 2.33. The molecular formula is C29H33Cl2N3O4S. The van der Waals surface area contributed by atoms with E-state index < -0.39 is 28.5 Å². The van der Waals surface area contributed by atoms with Crippen LogP contribution in [0.15, 0.2) is 78.9 Å². The highest BCUT2D eigenvalue weighted by molar-refractivity contribution is 7.92. The lowest BCUT2D eigenvalue weighted by Gasteiger charge is -2.34. The number of nitrogens with one attached hydrogen (secondary N) is 1. The highest BCUT2D eigenvalue weighted by Crippen LogP contribution is 2.22. The first-order valence-electron chi connectivity index (χ1n) is 12.6. The van der Waals surface area contributed by atoms with E-state index in [0.29, 0.717) is 22.2 Å². The molecule has 0 saturated carbocycles. The number of carbonyl (C=O) groups excluding carboxylic acids is 2. The van der Waals surface area contributed by atoms with Crippen LogP contribution in [0.3, 0.4) is 0 Å². The van der Waals surface area contributed by atoms with Crippen molar-refractivity contribution in [1.82, 2.24) is 10.2 Å². The first-order chi connectivity index (χ1) is 18.5. The second-order valence-electron chi connectivity index (χ2n) is 9.42. The summed E-state index contributed by atoms with van der Waals surface area (Å²) in [5, 5.41) is 3.98. The van der Waals surface area contributed by atoms with Crippen LogP contribution >= 0.6 is 23.2 Å². The first kappa shape index (κ1) is 30.5. The summed E-state index contributed by atoms with van der Waals surface area (Å²) >= 11 is 12.1. The second-order valence-corrected chi connectivity index (χ2v) is 12.2. The normalized spacial score (nSPS) is 12.8. The molecule has 3 rings (SSSR count). The number of anilines is 1. The molecule has 0 radical (unpaired) electrons. The van der Waals surface area contributed by atoms with E-state index in [0.717, 1.165) is 21.7 Å². The van der Waals surface area contributed by atoms with Gasteiger partial charge in [-0.15, -0.1) is 0 Å². The number of sulfonamides is 1. The molecule has 1 N–H and O–H groups in total. The summed E-state index contributed by atoms with van der Waals surface area (Å²) in [6.45, 7) is 3.45. The summed E-state index contributed by atoms with van der Waals surface area (Å²) < 4.78 is 26.6. The van der Waals surface area contributed by atoms with Gasteiger partial charge in [0.1, 0.15) is 12.6 Å². The molecule has 0 fully saturated rings. The Morgan fingerprint density at radius 2 is 1.44 bits per heavy atom. The molecule has 208 valence electrons. The molecule has 2 amide bonds. The minimum Gasteiger partial charge on any atom is -0.352 e. The van der Waals surface area contributed by atoms with Gasteiger partial charge in [0.15, 0.2) is 0 Å². The van der Waals surface area contributed by atoms with Crippen LogP contribution in [0.1, 0.15) is 31.4 Å². The minimum absolute atomic E-state index is 0.0830. The van der Waals surface area contributed by atoms with Gasteiger partial charge in [-0.2, -0.15) is 0 Å².